The summed E-state index contributed by atoms with van der Waals surface area (Å²) in [6.45, 7) is -0.312. The first-order valence-corrected chi connectivity index (χ1v) is 9.75. The molecule has 0 bridgehead atoms. The van der Waals surface area contributed by atoms with Crippen LogP contribution in [0.1, 0.15) is 15.9 Å². The SMILES string of the molecule is O=C(/C=C(\O)c1ccc2ccccc2c1)C(=O)NCC(=O)c1ccc2ccccc2c1. The summed E-state index contributed by atoms with van der Waals surface area (Å²) in [5.74, 6) is -2.51. The van der Waals surface area contributed by atoms with Gasteiger partial charge in [-0.2, -0.15) is 0 Å². The normalized spacial score (nSPS) is 11.4. The van der Waals surface area contributed by atoms with E-state index in [4.69, 9.17) is 0 Å². The topological polar surface area (TPSA) is 83.5 Å². The highest BCUT2D eigenvalue weighted by Gasteiger charge is 2.15. The molecule has 4 aromatic rings. The molecule has 4 rings (SSSR count). The molecule has 5 heteroatoms. The van der Waals surface area contributed by atoms with Crippen LogP contribution in [0.5, 0.6) is 0 Å². The zero-order chi connectivity index (χ0) is 21.8. The molecule has 0 aliphatic rings. The molecule has 0 spiro atoms. The Kier molecular flexibility index (Phi) is 5.58. The minimum Gasteiger partial charge on any atom is -0.507 e. The molecule has 0 saturated carbocycles. The second kappa shape index (κ2) is 8.63. The van der Waals surface area contributed by atoms with Crippen molar-refractivity contribution in [1.29, 1.82) is 0 Å². The first kappa shape index (κ1) is 20.0. The van der Waals surface area contributed by atoms with Gasteiger partial charge in [-0.25, -0.2) is 0 Å². The molecule has 152 valence electrons. The van der Waals surface area contributed by atoms with E-state index in [1.165, 1.54) is 0 Å². The standard InChI is InChI=1S/C26H19NO4/c28-23(21-11-9-17-5-1-3-7-19(17)13-21)15-24(29)26(31)27-16-25(30)22-12-10-18-6-2-4-8-20(18)14-22/h1-15,28H,16H2,(H,27,31)/b23-15-. The molecule has 4 aromatic carbocycles. The van der Waals surface area contributed by atoms with Gasteiger partial charge in [-0.3, -0.25) is 14.4 Å². The van der Waals surface area contributed by atoms with Crippen molar-refractivity contribution in [1.82, 2.24) is 5.32 Å². The van der Waals surface area contributed by atoms with Crippen LogP contribution < -0.4 is 5.32 Å². The smallest absolute Gasteiger partial charge is 0.292 e. The van der Waals surface area contributed by atoms with E-state index in [0.717, 1.165) is 27.6 Å². The van der Waals surface area contributed by atoms with Crippen molar-refractivity contribution in [2.75, 3.05) is 6.54 Å². The summed E-state index contributed by atoms with van der Waals surface area (Å²) in [5.41, 5.74) is 0.869. The van der Waals surface area contributed by atoms with Gasteiger partial charge in [-0.1, -0.05) is 72.8 Å². The van der Waals surface area contributed by atoms with Crippen LogP contribution in [0, 0.1) is 0 Å². The third kappa shape index (κ3) is 4.51. The van der Waals surface area contributed by atoms with E-state index in [1.807, 2.05) is 60.7 Å². The third-order valence-electron chi connectivity index (χ3n) is 5.02. The minimum absolute atomic E-state index is 0.311. The van der Waals surface area contributed by atoms with Gasteiger partial charge >= 0.3 is 0 Å². The molecule has 0 atom stereocenters. The minimum atomic E-state index is -0.957. The lowest BCUT2D eigenvalue weighted by molar-refractivity contribution is -0.135. The zero-order valence-electron chi connectivity index (χ0n) is 16.5. The number of benzene rings is 4. The van der Waals surface area contributed by atoms with Crippen LogP contribution in [0.3, 0.4) is 0 Å². The Morgan fingerprint density at radius 2 is 1.23 bits per heavy atom. The van der Waals surface area contributed by atoms with Gasteiger partial charge in [-0.05, 0) is 33.7 Å². The summed E-state index contributed by atoms with van der Waals surface area (Å²) in [7, 11) is 0. The quantitative estimate of drug-likeness (QED) is 0.213. The number of rotatable bonds is 6. The van der Waals surface area contributed by atoms with Gasteiger partial charge in [-0.15, -0.1) is 0 Å². The second-order valence-electron chi connectivity index (χ2n) is 7.12. The predicted molar refractivity (Wildman–Crippen MR) is 121 cm³/mol. The van der Waals surface area contributed by atoms with Crippen molar-refractivity contribution >= 4 is 44.8 Å². The Hall–Kier alpha value is -4.25. The fourth-order valence-electron chi connectivity index (χ4n) is 3.33. The number of hydrogen-bond acceptors (Lipinski definition) is 4. The Morgan fingerprint density at radius 3 is 1.84 bits per heavy atom. The van der Waals surface area contributed by atoms with Crippen LogP contribution in [0.25, 0.3) is 27.3 Å². The maximum atomic E-state index is 12.4. The van der Waals surface area contributed by atoms with Gasteiger partial charge in [0.05, 0.1) is 6.54 Å². The number of aliphatic hydroxyl groups is 1. The Balaban J connectivity index is 1.41. The van der Waals surface area contributed by atoms with Crippen LogP contribution in [-0.2, 0) is 9.59 Å². The van der Waals surface area contributed by atoms with E-state index in [9.17, 15) is 19.5 Å². The molecule has 0 heterocycles. The molecular formula is C26H19NO4. The number of hydrogen-bond donors (Lipinski definition) is 2. The maximum absolute atomic E-state index is 12.4. The third-order valence-corrected chi connectivity index (χ3v) is 5.02. The highest BCUT2D eigenvalue weighted by Crippen LogP contribution is 2.20. The summed E-state index contributed by atoms with van der Waals surface area (Å²) in [4.78, 5) is 36.6. The molecule has 2 N–H and O–H groups in total. The lowest BCUT2D eigenvalue weighted by Crippen LogP contribution is -2.34. The number of carbonyl (C=O) groups is 3. The van der Waals surface area contributed by atoms with Crippen molar-refractivity contribution in [3.8, 4) is 0 Å². The summed E-state index contributed by atoms with van der Waals surface area (Å²) in [6, 6.07) is 25.7. The van der Waals surface area contributed by atoms with Crippen molar-refractivity contribution in [2.24, 2.45) is 0 Å². The van der Waals surface area contributed by atoms with Gasteiger partial charge in [0.1, 0.15) is 5.76 Å². The maximum Gasteiger partial charge on any atom is 0.292 e. The Labute approximate surface area is 178 Å². The molecule has 0 fully saturated rings. The summed E-state index contributed by atoms with van der Waals surface area (Å²) < 4.78 is 0. The van der Waals surface area contributed by atoms with Crippen molar-refractivity contribution in [3.05, 3.63) is 102 Å². The largest absolute Gasteiger partial charge is 0.507 e. The molecule has 0 saturated heterocycles. The van der Waals surface area contributed by atoms with E-state index in [2.05, 4.69) is 5.32 Å². The number of ketones is 2. The highest BCUT2D eigenvalue weighted by molar-refractivity contribution is 6.41. The molecule has 0 aliphatic carbocycles. The lowest BCUT2D eigenvalue weighted by Gasteiger charge is -2.05. The van der Waals surface area contributed by atoms with Crippen LogP contribution in [0.4, 0.5) is 0 Å². The molecule has 0 radical (unpaired) electrons. The number of Topliss-reactive ketones (excluding diaryl/α,β-unsaturated/α-hetero) is 1. The van der Waals surface area contributed by atoms with E-state index >= 15 is 0 Å². The van der Waals surface area contributed by atoms with Gasteiger partial charge in [0.2, 0.25) is 5.78 Å². The Morgan fingerprint density at radius 1 is 0.710 bits per heavy atom. The highest BCUT2D eigenvalue weighted by atomic mass is 16.3. The van der Waals surface area contributed by atoms with Crippen molar-refractivity contribution < 1.29 is 19.5 Å². The monoisotopic (exact) mass is 409 g/mol. The average molecular weight is 409 g/mol. The number of carbonyl (C=O) groups excluding carboxylic acids is 3. The number of aliphatic hydroxyl groups excluding tert-OH is 1. The Bertz CT molecular complexity index is 1350. The first-order chi connectivity index (χ1) is 15.0. The van der Waals surface area contributed by atoms with Crippen LogP contribution in [0.2, 0.25) is 0 Å². The van der Waals surface area contributed by atoms with E-state index < -0.39 is 11.7 Å². The molecule has 0 unspecified atom stereocenters. The summed E-state index contributed by atoms with van der Waals surface area (Å²) >= 11 is 0. The van der Waals surface area contributed by atoms with E-state index in [-0.39, 0.29) is 18.1 Å². The first-order valence-electron chi connectivity index (χ1n) is 9.75. The molecule has 31 heavy (non-hydrogen) atoms. The molecule has 5 nitrogen and oxygen atoms in total. The average Bonchev–Trinajstić information content (AvgIpc) is 2.81. The summed E-state index contributed by atoms with van der Waals surface area (Å²) in [5, 5.41) is 16.4. The number of amides is 1. The molecular weight excluding hydrogens is 390 g/mol. The molecule has 0 aromatic heterocycles. The zero-order valence-corrected chi connectivity index (χ0v) is 16.5. The van der Waals surface area contributed by atoms with Crippen LogP contribution in [-0.4, -0.2) is 29.1 Å². The number of nitrogens with one attached hydrogen (secondary N) is 1. The van der Waals surface area contributed by atoms with Crippen LogP contribution in [0.15, 0.2) is 91.0 Å². The van der Waals surface area contributed by atoms with Gasteiger partial charge < -0.3 is 10.4 Å². The van der Waals surface area contributed by atoms with E-state index in [0.29, 0.717) is 11.1 Å². The van der Waals surface area contributed by atoms with Crippen LogP contribution >= 0.6 is 0 Å². The van der Waals surface area contributed by atoms with E-state index in [1.54, 1.807) is 24.3 Å². The van der Waals surface area contributed by atoms with Gasteiger partial charge in [0, 0.05) is 17.2 Å². The van der Waals surface area contributed by atoms with Gasteiger partial charge in [0.15, 0.2) is 5.78 Å². The van der Waals surface area contributed by atoms with Crippen molar-refractivity contribution in [3.63, 3.8) is 0 Å². The fraction of sp³-hybridized carbons (Fsp3) is 0.0385. The fourth-order valence-corrected chi connectivity index (χ4v) is 3.33. The second-order valence-corrected chi connectivity index (χ2v) is 7.12. The van der Waals surface area contributed by atoms with Gasteiger partial charge in [0.25, 0.3) is 5.91 Å². The molecule has 0 aliphatic heterocycles. The lowest BCUT2D eigenvalue weighted by atomic mass is 10.0. The molecule has 1 amide bonds. The predicted octanol–water partition coefficient (Wildman–Crippen LogP) is 4.46. The van der Waals surface area contributed by atoms with Crippen molar-refractivity contribution in [2.45, 2.75) is 0 Å². The number of fused-ring (bicyclic) bond motifs is 2. The summed E-state index contributed by atoms with van der Waals surface area (Å²) in [6.07, 6.45) is 0.861.